The highest BCUT2D eigenvalue weighted by atomic mass is 32.1. The van der Waals surface area contributed by atoms with E-state index in [1.54, 1.807) is 52.3 Å². The first-order valence-electron chi connectivity index (χ1n) is 13.7. The smallest absolute Gasteiger partial charge is 0.338 e. The molecule has 3 aromatic rings. The van der Waals surface area contributed by atoms with E-state index in [4.69, 9.17) is 18.6 Å². The number of benzene rings is 1. The van der Waals surface area contributed by atoms with Gasteiger partial charge in [-0.05, 0) is 65.0 Å². The van der Waals surface area contributed by atoms with Gasteiger partial charge < -0.3 is 28.4 Å². The quantitative estimate of drug-likeness (QED) is 0.375. The van der Waals surface area contributed by atoms with Crippen molar-refractivity contribution in [1.82, 2.24) is 9.47 Å². The Bertz CT molecular complexity index is 1640. The molecule has 1 saturated heterocycles. The number of furan rings is 1. The van der Waals surface area contributed by atoms with E-state index in [0.717, 1.165) is 31.8 Å². The third kappa shape index (κ3) is 5.56. The molecule has 0 amide bonds. The van der Waals surface area contributed by atoms with E-state index in [1.165, 1.54) is 15.9 Å². The molecular weight excluding hydrogens is 544 g/mol. The number of anilines is 1. The highest BCUT2D eigenvalue weighted by Crippen LogP contribution is 2.38. The fourth-order valence-electron chi connectivity index (χ4n) is 5.46. The van der Waals surface area contributed by atoms with Crippen molar-refractivity contribution in [3.05, 3.63) is 72.6 Å². The number of methoxy groups -OCH3 is 2. The summed E-state index contributed by atoms with van der Waals surface area (Å²) in [6, 6.07) is 8.88. The van der Waals surface area contributed by atoms with Gasteiger partial charge in [-0.1, -0.05) is 11.3 Å². The van der Waals surface area contributed by atoms with Gasteiger partial charge in [0.05, 0.1) is 36.6 Å². The summed E-state index contributed by atoms with van der Waals surface area (Å²) in [6.45, 7) is 5.51. The first-order chi connectivity index (χ1) is 19.7. The number of piperidine rings is 1. The summed E-state index contributed by atoms with van der Waals surface area (Å²) < 4.78 is 24.7. The second-order valence-electron chi connectivity index (χ2n) is 10.3. The van der Waals surface area contributed by atoms with E-state index in [9.17, 15) is 9.59 Å². The lowest BCUT2D eigenvalue weighted by Crippen LogP contribution is -2.41. The van der Waals surface area contributed by atoms with E-state index < -0.39 is 12.0 Å². The molecule has 0 bridgehead atoms. The number of esters is 1. The van der Waals surface area contributed by atoms with E-state index in [-0.39, 0.29) is 17.7 Å². The van der Waals surface area contributed by atoms with Crippen LogP contribution < -0.4 is 29.3 Å². The number of nitrogens with zero attached hydrogens (tertiary/aromatic N) is 4. The zero-order chi connectivity index (χ0) is 29.3. The fourth-order valence-corrected chi connectivity index (χ4v) is 6.49. The summed E-state index contributed by atoms with van der Waals surface area (Å²) >= 11 is 1.25. The first kappa shape index (κ1) is 28.7. The number of fused-ring (bicyclic) bond motifs is 1. The van der Waals surface area contributed by atoms with Crippen LogP contribution in [0, 0.1) is 0 Å². The van der Waals surface area contributed by atoms with Crippen molar-refractivity contribution in [2.75, 3.05) is 52.9 Å². The molecule has 41 heavy (non-hydrogen) atoms. The largest absolute Gasteiger partial charge is 0.497 e. The maximum atomic E-state index is 14.0. The summed E-state index contributed by atoms with van der Waals surface area (Å²) in [5, 5.41) is 0. The summed E-state index contributed by atoms with van der Waals surface area (Å²) in [6.07, 6.45) is 3.87. The van der Waals surface area contributed by atoms with Gasteiger partial charge in [0.15, 0.2) is 10.7 Å². The number of allylic oxidation sites excluding steroid dienone is 1. The van der Waals surface area contributed by atoms with Crippen LogP contribution in [0.1, 0.15) is 44.1 Å². The first-order valence-corrected chi connectivity index (χ1v) is 14.5. The van der Waals surface area contributed by atoms with Gasteiger partial charge >= 0.3 is 5.97 Å². The Labute approximate surface area is 242 Å². The summed E-state index contributed by atoms with van der Waals surface area (Å²) in [5.41, 5.74) is 1.06. The van der Waals surface area contributed by atoms with Gasteiger partial charge in [0, 0.05) is 36.8 Å². The molecule has 0 saturated carbocycles. The van der Waals surface area contributed by atoms with Crippen LogP contribution in [0.25, 0.3) is 6.08 Å². The molecule has 10 nitrogen and oxygen atoms in total. The summed E-state index contributed by atoms with van der Waals surface area (Å²) in [7, 11) is 7.35. The molecule has 11 heteroatoms. The molecule has 2 aliphatic rings. The molecule has 4 heterocycles. The summed E-state index contributed by atoms with van der Waals surface area (Å²) in [4.78, 5) is 36.8. The van der Waals surface area contributed by atoms with Crippen molar-refractivity contribution in [1.29, 1.82) is 0 Å². The number of hydrogen-bond donors (Lipinski definition) is 0. The number of carbonyl (C=O) groups excluding carboxylic acids is 1. The molecule has 2 aromatic heterocycles. The number of thiazole rings is 1. The fraction of sp³-hybridized carbons (Fsp3) is 0.433. The SMILES string of the molecule is CCOC(=O)C1=C(C)N=c2s/c(=C\c3ccc(N4CCC(N(C)C)CC4)o3)c(=O)n2[C@H]1c1cc(OC)ccc1OC. The molecule has 1 atom stereocenters. The minimum Gasteiger partial charge on any atom is -0.497 e. The number of hydrogen-bond acceptors (Lipinski definition) is 10. The lowest BCUT2D eigenvalue weighted by molar-refractivity contribution is -0.139. The van der Waals surface area contributed by atoms with Crippen LogP contribution in [0.15, 0.2) is 55.8 Å². The zero-order valence-electron chi connectivity index (χ0n) is 24.3. The van der Waals surface area contributed by atoms with E-state index in [2.05, 4.69) is 28.9 Å². The molecule has 1 fully saturated rings. The van der Waals surface area contributed by atoms with Crippen LogP contribution >= 0.6 is 11.3 Å². The Kier molecular flexibility index (Phi) is 8.37. The third-order valence-electron chi connectivity index (χ3n) is 7.64. The minimum atomic E-state index is -0.817. The molecule has 0 aliphatic carbocycles. The lowest BCUT2D eigenvalue weighted by Gasteiger charge is -2.35. The van der Waals surface area contributed by atoms with E-state index in [1.807, 2.05) is 12.1 Å². The van der Waals surface area contributed by atoms with Gasteiger partial charge in [0.1, 0.15) is 23.3 Å². The number of aromatic nitrogens is 1. The standard InChI is InChI=1S/C30H36N4O6S/c1-7-39-29(36)26-18(2)31-30-34(27(26)22-16-20(37-5)8-10-23(22)38-6)28(35)24(41-30)17-21-9-11-25(40-21)33-14-12-19(13-15-33)32(3)4/h8-11,16-17,19,27H,7,12-15H2,1-6H3/b24-17-/t27-/m0/s1. The van der Waals surface area contributed by atoms with Crippen molar-refractivity contribution < 1.29 is 23.4 Å². The second kappa shape index (κ2) is 12.0. The normalized spacial score (nSPS) is 18.0. The Morgan fingerprint density at radius 3 is 2.59 bits per heavy atom. The van der Waals surface area contributed by atoms with Gasteiger partial charge in [-0.15, -0.1) is 0 Å². The highest BCUT2D eigenvalue weighted by molar-refractivity contribution is 7.07. The topological polar surface area (TPSA) is 98.7 Å². The van der Waals surface area contributed by atoms with Crippen LogP contribution in [-0.2, 0) is 9.53 Å². The van der Waals surface area contributed by atoms with Gasteiger partial charge in [-0.25, -0.2) is 9.79 Å². The Balaban J connectivity index is 1.58. The third-order valence-corrected chi connectivity index (χ3v) is 8.62. The van der Waals surface area contributed by atoms with Crippen LogP contribution in [-0.4, -0.2) is 69.5 Å². The number of rotatable bonds is 8. The van der Waals surface area contributed by atoms with Crippen LogP contribution in [0.4, 0.5) is 5.88 Å². The molecule has 0 N–H and O–H groups in total. The molecule has 5 rings (SSSR count). The van der Waals surface area contributed by atoms with Crippen LogP contribution in [0.3, 0.4) is 0 Å². The Morgan fingerprint density at radius 2 is 1.93 bits per heavy atom. The van der Waals surface area contributed by atoms with Crippen molar-refractivity contribution in [3.63, 3.8) is 0 Å². The Morgan fingerprint density at radius 1 is 1.17 bits per heavy atom. The maximum absolute atomic E-state index is 14.0. The monoisotopic (exact) mass is 580 g/mol. The number of ether oxygens (including phenoxy) is 3. The molecule has 0 spiro atoms. The van der Waals surface area contributed by atoms with Crippen molar-refractivity contribution in [3.8, 4) is 11.5 Å². The second-order valence-corrected chi connectivity index (χ2v) is 11.3. The van der Waals surface area contributed by atoms with Crippen molar-refractivity contribution in [2.24, 2.45) is 4.99 Å². The summed E-state index contributed by atoms with van der Waals surface area (Å²) in [5.74, 6) is 1.92. The molecule has 2 aliphatic heterocycles. The van der Waals surface area contributed by atoms with Gasteiger partial charge in [0.25, 0.3) is 5.56 Å². The van der Waals surface area contributed by atoms with Crippen LogP contribution in [0.5, 0.6) is 11.5 Å². The average molecular weight is 581 g/mol. The lowest BCUT2D eigenvalue weighted by atomic mass is 9.95. The Hall–Kier alpha value is -3.83. The average Bonchev–Trinajstić information content (AvgIpc) is 3.56. The number of carbonyl (C=O) groups is 1. The molecule has 0 radical (unpaired) electrons. The van der Waals surface area contributed by atoms with Gasteiger partial charge in [-0.2, -0.15) is 0 Å². The molecule has 0 unspecified atom stereocenters. The van der Waals surface area contributed by atoms with Gasteiger partial charge in [-0.3, -0.25) is 9.36 Å². The predicted octanol–water partition coefficient (Wildman–Crippen LogP) is 2.94. The molecular formula is C30H36N4O6S. The molecule has 1 aromatic carbocycles. The predicted molar refractivity (Wildman–Crippen MR) is 158 cm³/mol. The van der Waals surface area contributed by atoms with Crippen molar-refractivity contribution >= 4 is 29.3 Å². The van der Waals surface area contributed by atoms with Gasteiger partial charge in [0.2, 0.25) is 0 Å². The maximum Gasteiger partial charge on any atom is 0.338 e. The minimum absolute atomic E-state index is 0.190. The van der Waals surface area contributed by atoms with Crippen molar-refractivity contribution in [2.45, 2.75) is 38.8 Å². The molecule has 218 valence electrons. The highest BCUT2D eigenvalue weighted by Gasteiger charge is 2.35. The van der Waals surface area contributed by atoms with E-state index >= 15 is 0 Å². The van der Waals surface area contributed by atoms with E-state index in [0.29, 0.717) is 43.9 Å². The van der Waals surface area contributed by atoms with Crippen LogP contribution in [0.2, 0.25) is 0 Å². The zero-order valence-corrected chi connectivity index (χ0v) is 25.1.